The first-order valence-electron chi connectivity index (χ1n) is 4.11. The number of carbonyl (C=O) groups excluding carboxylic acids is 1. The number of halogens is 1. The summed E-state index contributed by atoms with van der Waals surface area (Å²) in [7, 11) is 1.44. The van der Waals surface area contributed by atoms with E-state index in [9.17, 15) is 9.90 Å². The van der Waals surface area contributed by atoms with E-state index < -0.39 is 0 Å². The molecule has 0 aliphatic rings. The molecule has 0 aromatic heterocycles. The molecule has 0 aliphatic heterocycles. The van der Waals surface area contributed by atoms with Crippen molar-refractivity contribution in [3.63, 3.8) is 0 Å². The molecule has 0 fully saturated rings. The maximum Gasteiger partial charge on any atom is 0.160 e. The van der Waals surface area contributed by atoms with E-state index in [1.165, 1.54) is 13.2 Å². The molecule has 4 heteroatoms. The van der Waals surface area contributed by atoms with Gasteiger partial charge in [-0.1, -0.05) is 18.5 Å². The maximum absolute atomic E-state index is 10.6. The van der Waals surface area contributed by atoms with E-state index in [2.05, 4.69) is 0 Å². The van der Waals surface area contributed by atoms with Gasteiger partial charge in [0.25, 0.3) is 0 Å². The number of phenols is 1. The van der Waals surface area contributed by atoms with Crippen LogP contribution in [0.2, 0.25) is 5.02 Å². The lowest BCUT2D eigenvalue weighted by molar-refractivity contribution is -0.108. The second-order valence-corrected chi connectivity index (χ2v) is 3.38. The quantitative estimate of drug-likeness (QED) is 0.786. The van der Waals surface area contributed by atoms with E-state index in [1.807, 2.05) is 0 Å². The number of aldehydes is 1. The van der Waals surface area contributed by atoms with Crippen molar-refractivity contribution >= 4 is 17.9 Å². The predicted octanol–water partition coefficient (Wildman–Crippen LogP) is 2.36. The van der Waals surface area contributed by atoms with Crippen LogP contribution in [0, 0.1) is 0 Å². The van der Waals surface area contributed by atoms with Crippen molar-refractivity contribution in [3.05, 3.63) is 22.7 Å². The van der Waals surface area contributed by atoms with Gasteiger partial charge in [-0.3, -0.25) is 0 Å². The van der Waals surface area contributed by atoms with Crippen LogP contribution in [0.1, 0.15) is 18.4 Å². The molecule has 3 nitrogen and oxygen atoms in total. The lowest BCUT2D eigenvalue weighted by Gasteiger charge is -2.10. The Morgan fingerprint density at radius 2 is 2.21 bits per heavy atom. The zero-order valence-electron chi connectivity index (χ0n) is 7.95. The minimum Gasteiger partial charge on any atom is -0.504 e. The molecule has 1 rings (SSSR count). The predicted molar refractivity (Wildman–Crippen MR) is 54.1 cm³/mol. The Bertz CT molecular complexity index is 349. The van der Waals surface area contributed by atoms with Crippen LogP contribution in [-0.4, -0.2) is 18.5 Å². The molecule has 1 unspecified atom stereocenters. The minimum atomic E-state index is -0.308. The smallest absolute Gasteiger partial charge is 0.160 e. The Labute approximate surface area is 87.3 Å². The van der Waals surface area contributed by atoms with E-state index >= 15 is 0 Å². The van der Waals surface area contributed by atoms with E-state index in [0.29, 0.717) is 16.3 Å². The number of methoxy groups -OCH3 is 1. The van der Waals surface area contributed by atoms with E-state index in [0.717, 1.165) is 6.29 Å². The molecule has 0 saturated heterocycles. The zero-order valence-corrected chi connectivity index (χ0v) is 8.71. The summed E-state index contributed by atoms with van der Waals surface area (Å²) in [5, 5.41) is 9.74. The number of phenolic OH excluding ortho intramolecular Hbond substituents is 1. The van der Waals surface area contributed by atoms with Gasteiger partial charge in [-0.25, -0.2) is 0 Å². The number of ether oxygens (including phenoxy) is 1. The highest BCUT2D eigenvalue weighted by Crippen LogP contribution is 2.34. The lowest BCUT2D eigenvalue weighted by atomic mass is 10.0. The SMILES string of the molecule is COc1cc(C(C)C=O)c(Cl)cc1O. The van der Waals surface area contributed by atoms with Crippen LogP contribution < -0.4 is 4.74 Å². The van der Waals surface area contributed by atoms with Crippen LogP contribution in [-0.2, 0) is 4.79 Å². The number of carbonyl (C=O) groups is 1. The van der Waals surface area contributed by atoms with Gasteiger partial charge in [0.1, 0.15) is 6.29 Å². The molecule has 14 heavy (non-hydrogen) atoms. The highest BCUT2D eigenvalue weighted by molar-refractivity contribution is 6.31. The lowest BCUT2D eigenvalue weighted by Crippen LogP contribution is -1.96. The maximum atomic E-state index is 10.6. The van der Waals surface area contributed by atoms with Gasteiger partial charge in [0.2, 0.25) is 0 Å². The molecule has 76 valence electrons. The summed E-state index contributed by atoms with van der Waals surface area (Å²) in [6.07, 6.45) is 0.789. The van der Waals surface area contributed by atoms with Crippen LogP contribution >= 0.6 is 11.6 Å². The minimum absolute atomic E-state index is 0.0284. The molecule has 1 aromatic rings. The molecule has 1 aromatic carbocycles. The van der Waals surface area contributed by atoms with Gasteiger partial charge in [-0.05, 0) is 11.6 Å². The Morgan fingerprint density at radius 1 is 1.57 bits per heavy atom. The molecule has 0 saturated carbocycles. The van der Waals surface area contributed by atoms with Gasteiger partial charge in [0.05, 0.1) is 7.11 Å². The Balaban J connectivity index is 3.23. The van der Waals surface area contributed by atoms with Gasteiger partial charge >= 0.3 is 0 Å². The third-order valence-electron chi connectivity index (χ3n) is 1.99. The Hall–Kier alpha value is -1.22. The van der Waals surface area contributed by atoms with Crippen LogP contribution in [0.3, 0.4) is 0 Å². The number of benzene rings is 1. The molecule has 0 amide bonds. The second-order valence-electron chi connectivity index (χ2n) is 2.97. The van der Waals surface area contributed by atoms with Crippen LogP contribution in [0.25, 0.3) is 0 Å². The van der Waals surface area contributed by atoms with Crippen molar-refractivity contribution in [2.75, 3.05) is 7.11 Å². The van der Waals surface area contributed by atoms with Gasteiger partial charge in [0, 0.05) is 17.0 Å². The molecule has 0 spiro atoms. The van der Waals surface area contributed by atoms with Crippen LogP contribution in [0.15, 0.2) is 12.1 Å². The van der Waals surface area contributed by atoms with Crippen LogP contribution in [0.5, 0.6) is 11.5 Å². The van der Waals surface area contributed by atoms with E-state index in [1.54, 1.807) is 13.0 Å². The monoisotopic (exact) mass is 214 g/mol. The van der Waals surface area contributed by atoms with Gasteiger partial charge in [-0.15, -0.1) is 0 Å². The van der Waals surface area contributed by atoms with Gasteiger partial charge < -0.3 is 14.6 Å². The van der Waals surface area contributed by atoms with Crippen LogP contribution in [0.4, 0.5) is 0 Å². The average Bonchev–Trinajstić information content (AvgIpc) is 2.17. The Kier molecular flexibility index (Phi) is 3.36. The molecule has 0 radical (unpaired) electrons. The standard InChI is InChI=1S/C10H11ClO3/c1-6(5-12)7-3-10(14-2)9(13)4-8(7)11/h3-6,13H,1-2H3. The molecular formula is C10H11ClO3. The summed E-state index contributed by atoms with van der Waals surface area (Å²) >= 11 is 5.86. The summed E-state index contributed by atoms with van der Waals surface area (Å²) in [5.74, 6) is -0.0190. The topological polar surface area (TPSA) is 46.5 Å². The van der Waals surface area contributed by atoms with Crippen molar-refractivity contribution in [2.24, 2.45) is 0 Å². The van der Waals surface area contributed by atoms with Crippen molar-refractivity contribution < 1.29 is 14.6 Å². The van der Waals surface area contributed by atoms with E-state index in [-0.39, 0.29) is 11.7 Å². The normalized spacial score (nSPS) is 12.2. The molecule has 1 N–H and O–H groups in total. The zero-order chi connectivity index (χ0) is 10.7. The molecule has 0 aliphatic carbocycles. The summed E-state index contributed by atoms with van der Waals surface area (Å²) in [4.78, 5) is 10.6. The molecule has 1 atom stereocenters. The summed E-state index contributed by atoms with van der Waals surface area (Å²) in [6, 6.07) is 2.94. The first kappa shape index (κ1) is 10.9. The highest BCUT2D eigenvalue weighted by Gasteiger charge is 2.13. The third-order valence-corrected chi connectivity index (χ3v) is 2.32. The van der Waals surface area contributed by atoms with Crippen molar-refractivity contribution in [3.8, 4) is 11.5 Å². The van der Waals surface area contributed by atoms with Crippen molar-refractivity contribution in [2.45, 2.75) is 12.8 Å². The first-order valence-corrected chi connectivity index (χ1v) is 4.49. The number of aromatic hydroxyl groups is 1. The number of rotatable bonds is 3. The summed E-state index contributed by atoms with van der Waals surface area (Å²) in [6.45, 7) is 1.73. The van der Waals surface area contributed by atoms with Crippen molar-refractivity contribution in [1.29, 1.82) is 0 Å². The largest absolute Gasteiger partial charge is 0.504 e. The number of hydrogen-bond donors (Lipinski definition) is 1. The fourth-order valence-corrected chi connectivity index (χ4v) is 1.47. The van der Waals surface area contributed by atoms with Gasteiger partial charge in [0.15, 0.2) is 11.5 Å². The van der Waals surface area contributed by atoms with Crippen molar-refractivity contribution in [1.82, 2.24) is 0 Å². The Morgan fingerprint density at radius 3 is 2.71 bits per heavy atom. The summed E-state index contributed by atoms with van der Waals surface area (Å²) < 4.78 is 4.91. The molecular weight excluding hydrogens is 204 g/mol. The third kappa shape index (κ3) is 1.99. The first-order chi connectivity index (χ1) is 6.60. The molecule has 0 heterocycles. The highest BCUT2D eigenvalue weighted by atomic mass is 35.5. The second kappa shape index (κ2) is 4.33. The fraction of sp³-hybridized carbons (Fsp3) is 0.300. The van der Waals surface area contributed by atoms with E-state index in [4.69, 9.17) is 16.3 Å². The summed E-state index contributed by atoms with van der Waals surface area (Å²) in [5.41, 5.74) is 0.649. The number of hydrogen-bond acceptors (Lipinski definition) is 3. The van der Waals surface area contributed by atoms with Gasteiger partial charge in [-0.2, -0.15) is 0 Å². The molecule has 0 bridgehead atoms. The fourth-order valence-electron chi connectivity index (χ4n) is 1.14. The average molecular weight is 215 g/mol.